The van der Waals surface area contributed by atoms with Crippen LogP contribution in [0.25, 0.3) is 28.4 Å². The number of anilines is 1. The molecule has 2 unspecified atom stereocenters. The zero-order chi connectivity index (χ0) is 38.2. The number of carboxylic acids is 1. The van der Waals surface area contributed by atoms with Crippen LogP contribution in [0.4, 0.5) is 5.69 Å². The lowest BCUT2D eigenvalue weighted by atomic mass is 9.93. The predicted octanol–water partition coefficient (Wildman–Crippen LogP) is 10.4. The second-order valence-electron chi connectivity index (χ2n) is 14.1. The Kier molecular flexibility index (Phi) is 13.5. The number of halogens is 2. The average Bonchev–Trinajstić information content (AvgIpc) is 3.86. The maximum Gasteiger partial charge on any atom is 0.352 e. The number of hydrogen-bond acceptors (Lipinski definition) is 5. The molecule has 3 atom stereocenters. The molecule has 1 saturated carbocycles. The van der Waals surface area contributed by atoms with Gasteiger partial charge in [-0.15, -0.1) is 11.6 Å². The van der Waals surface area contributed by atoms with Gasteiger partial charge in [0.15, 0.2) is 0 Å². The molecule has 5 rings (SSSR count). The number of alkyl halides is 1. The summed E-state index contributed by atoms with van der Waals surface area (Å²) >= 11 is 13.3. The number of hydrogen-bond donors (Lipinski definition) is 3. The SMILES string of the molecule is C=C/C=N\C(=C/C)n1c(C(=O)O)cc2cc(C)cc(/C=C(\CCCOC3=CC(C)C(Cl)C(C)=C3)c3ccc(Cl)c(C)c3N[C@@H](CNC=O)CC3CC3)c21. The number of ether oxygens (including phenoxy) is 1. The molecule has 2 aromatic carbocycles. The summed E-state index contributed by atoms with van der Waals surface area (Å²) < 4.78 is 7.98. The van der Waals surface area contributed by atoms with E-state index in [2.05, 4.69) is 47.3 Å². The molecule has 2 aliphatic rings. The number of benzene rings is 2. The fraction of sp³-hybridized carbons (Fsp3) is 0.372. The molecule has 1 amide bonds. The number of aryl methyl sites for hydroxylation is 1. The Morgan fingerprint density at radius 1 is 1.21 bits per heavy atom. The highest BCUT2D eigenvalue weighted by atomic mass is 35.5. The topological polar surface area (TPSA) is 105 Å². The molecular weight excluding hydrogens is 707 g/mol. The van der Waals surface area contributed by atoms with E-state index in [1.165, 1.54) is 12.8 Å². The molecule has 0 aliphatic heterocycles. The van der Waals surface area contributed by atoms with E-state index in [-0.39, 0.29) is 23.0 Å². The molecule has 0 saturated heterocycles. The molecule has 1 heterocycles. The number of aromatic nitrogens is 1. The van der Waals surface area contributed by atoms with Gasteiger partial charge in [0.05, 0.1) is 17.5 Å². The Bertz CT molecular complexity index is 2020. The summed E-state index contributed by atoms with van der Waals surface area (Å²) in [5, 5.41) is 18.4. The van der Waals surface area contributed by atoms with Crippen molar-refractivity contribution in [3.8, 4) is 0 Å². The molecule has 1 aromatic heterocycles. The van der Waals surface area contributed by atoms with Gasteiger partial charge < -0.3 is 20.5 Å². The Labute approximate surface area is 323 Å². The number of amides is 1. The van der Waals surface area contributed by atoms with Crippen LogP contribution in [-0.2, 0) is 9.53 Å². The van der Waals surface area contributed by atoms with Crippen LogP contribution in [-0.4, -0.2) is 52.8 Å². The molecule has 8 nitrogen and oxygen atoms in total. The number of nitrogens with one attached hydrogen (secondary N) is 2. The number of aromatic carboxylic acids is 1. The number of allylic oxidation sites excluding steroid dienone is 6. The van der Waals surface area contributed by atoms with Crippen molar-refractivity contribution in [1.82, 2.24) is 9.88 Å². The molecule has 53 heavy (non-hydrogen) atoms. The highest BCUT2D eigenvalue weighted by Crippen LogP contribution is 2.40. The molecule has 0 bridgehead atoms. The fourth-order valence-electron chi connectivity index (χ4n) is 7.04. The van der Waals surface area contributed by atoms with E-state index in [1.807, 2.05) is 52.0 Å². The summed E-state index contributed by atoms with van der Waals surface area (Å²) in [7, 11) is 0. The maximum absolute atomic E-state index is 12.6. The van der Waals surface area contributed by atoms with Gasteiger partial charge in [0.25, 0.3) is 0 Å². The summed E-state index contributed by atoms with van der Waals surface area (Å²) in [6.45, 7) is 14.7. The Hall–Kier alpha value is -4.53. The minimum absolute atomic E-state index is 0.00946. The minimum atomic E-state index is -1.05. The van der Waals surface area contributed by atoms with Crippen LogP contribution < -0.4 is 10.6 Å². The number of nitrogens with zero attached hydrogens (tertiary/aromatic N) is 2. The Balaban J connectivity index is 1.65. The van der Waals surface area contributed by atoms with Gasteiger partial charge in [-0.2, -0.15) is 0 Å². The van der Waals surface area contributed by atoms with Crippen molar-refractivity contribution in [2.24, 2.45) is 16.8 Å². The van der Waals surface area contributed by atoms with Crippen molar-refractivity contribution in [3.63, 3.8) is 0 Å². The molecule has 3 N–H and O–H groups in total. The van der Waals surface area contributed by atoms with E-state index in [4.69, 9.17) is 27.9 Å². The third-order valence-electron chi connectivity index (χ3n) is 9.83. The molecule has 3 aromatic rings. The van der Waals surface area contributed by atoms with Crippen LogP contribution >= 0.6 is 23.2 Å². The molecule has 2 aliphatic carbocycles. The highest BCUT2D eigenvalue weighted by molar-refractivity contribution is 6.32. The summed E-state index contributed by atoms with van der Waals surface area (Å²) in [6, 6.07) is 9.75. The minimum Gasteiger partial charge on any atom is -0.494 e. The maximum atomic E-state index is 12.6. The van der Waals surface area contributed by atoms with Crippen LogP contribution in [0.3, 0.4) is 0 Å². The summed E-state index contributed by atoms with van der Waals surface area (Å²) in [5.74, 6) is 1.04. The normalized spacial score (nSPS) is 18.5. The first-order valence-corrected chi connectivity index (χ1v) is 19.1. The van der Waals surface area contributed by atoms with Crippen molar-refractivity contribution < 1.29 is 19.4 Å². The summed E-state index contributed by atoms with van der Waals surface area (Å²) in [4.78, 5) is 28.6. The molecule has 10 heteroatoms. The lowest BCUT2D eigenvalue weighted by Crippen LogP contribution is -2.33. The predicted molar refractivity (Wildman–Crippen MR) is 221 cm³/mol. The van der Waals surface area contributed by atoms with Crippen LogP contribution in [0.15, 0.2) is 77.5 Å². The second-order valence-corrected chi connectivity index (χ2v) is 15.0. The third-order valence-corrected chi connectivity index (χ3v) is 11.0. The third kappa shape index (κ3) is 9.72. The first-order valence-electron chi connectivity index (χ1n) is 18.3. The van der Waals surface area contributed by atoms with Crippen molar-refractivity contribution in [3.05, 3.63) is 106 Å². The van der Waals surface area contributed by atoms with Crippen LogP contribution in [0.5, 0.6) is 0 Å². The van der Waals surface area contributed by atoms with Gasteiger partial charge in [-0.25, -0.2) is 9.79 Å². The number of rotatable bonds is 18. The first-order chi connectivity index (χ1) is 25.4. The van der Waals surface area contributed by atoms with Crippen molar-refractivity contribution in [1.29, 1.82) is 0 Å². The quantitative estimate of drug-likeness (QED) is 0.0394. The number of carbonyl (C=O) groups excluding carboxylic acids is 1. The van der Waals surface area contributed by atoms with Gasteiger partial charge in [0.2, 0.25) is 6.41 Å². The smallest absolute Gasteiger partial charge is 0.352 e. The second kappa shape index (κ2) is 18.0. The lowest BCUT2D eigenvalue weighted by Gasteiger charge is -2.25. The Morgan fingerprint density at radius 2 is 1.98 bits per heavy atom. The van der Waals surface area contributed by atoms with Crippen molar-refractivity contribution >= 4 is 75.9 Å². The number of carboxylic acid groups (broad SMARTS) is 1. The summed E-state index contributed by atoms with van der Waals surface area (Å²) in [6.07, 6.45) is 16.5. The van der Waals surface area contributed by atoms with E-state index in [0.717, 1.165) is 68.6 Å². The lowest BCUT2D eigenvalue weighted by molar-refractivity contribution is -0.109. The average molecular weight is 758 g/mol. The standard InChI is InChI=1S/C43H50Cl2N4O4/c1-7-15-47-39(8-2)49-38(43(51)52)23-33-18-26(3)17-32(42(33)49)22-31(10-9-16-53-35-19-27(4)40(45)28(5)20-35)36-13-14-37(44)29(6)41(36)48-34(24-46-25-50)21-30-11-12-30/h7-8,13-15,17-20,22-23,25,27,30,34,40,48H,1,9-12,16,21,24H2,2-6H3,(H,46,50)(H,51,52)/b31-22+,39-8+,47-15-/t27?,34-,40?/m1/s1. The van der Waals surface area contributed by atoms with Crippen LogP contribution in [0, 0.1) is 25.7 Å². The molecule has 0 radical (unpaired) electrons. The molecule has 0 spiro atoms. The van der Waals surface area contributed by atoms with E-state index in [1.54, 1.807) is 29.0 Å². The largest absolute Gasteiger partial charge is 0.494 e. The first kappa shape index (κ1) is 39.7. The number of fused-ring (bicyclic) bond motifs is 1. The monoisotopic (exact) mass is 756 g/mol. The summed E-state index contributed by atoms with van der Waals surface area (Å²) in [5.41, 5.74) is 7.59. The molecule has 280 valence electrons. The van der Waals surface area contributed by atoms with Crippen LogP contribution in [0.1, 0.15) is 85.6 Å². The van der Waals surface area contributed by atoms with Crippen LogP contribution in [0.2, 0.25) is 5.02 Å². The highest BCUT2D eigenvalue weighted by Gasteiger charge is 2.27. The van der Waals surface area contributed by atoms with E-state index >= 15 is 0 Å². The molecule has 1 fully saturated rings. The zero-order valence-corrected chi connectivity index (χ0v) is 32.7. The number of aliphatic imine (C=N–C) groups is 1. The van der Waals surface area contributed by atoms with Gasteiger partial charge in [0, 0.05) is 40.5 Å². The van der Waals surface area contributed by atoms with Gasteiger partial charge in [-0.05, 0) is 130 Å². The van der Waals surface area contributed by atoms with E-state index in [0.29, 0.717) is 42.8 Å². The van der Waals surface area contributed by atoms with Crippen molar-refractivity contribution in [2.45, 2.75) is 78.1 Å². The Morgan fingerprint density at radius 3 is 2.64 bits per heavy atom. The molecular formula is C43H50Cl2N4O4. The van der Waals surface area contributed by atoms with Gasteiger partial charge in [-0.1, -0.05) is 55.7 Å². The number of carbonyl (C=O) groups is 2. The van der Waals surface area contributed by atoms with Crippen molar-refractivity contribution in [2.75, 3.05) is 18.5 Å². The van der Waals surface area contributed by atoms with Gasteiger partial charge >= 0.3 is 5.97 Å². The fourth-order valence-corrected chi connectivity index (χ4v) is 7.33. The van der Waals surface area contributed by atoms with Gasteiger partial charge in [-0.3, -0.25) is 9.36 Å². The van der Waals surface area contributed by atoms with E-state index in [9.17, 15) is 14.7 Å². The zero-order valence-electron chi connectivity index (χ0n) is 31.2. The van der Waals surface area contributed by atoms with E-state index < -0.39 is 5.97 Å². The van der Waals surface area contributed by atoms with Gasteiger partial charge in [0.1, 0.15) is 17.3 Å².